The minimum atomic E-state index is -2.40. The fourth-order valence-electron chi connectivity index (χ4n) is 0.0590. The molecule has 0 radical (unpaired) electrons. The van der Waals surface area contributed by atoms with Gasteiger partial charge in [0.1, 0.15) is 0 Å². The fraction of sp³-hybridized carbons (Fsp3) is 1.00. The summed E-state index contributed by atoms with van der Waals surface area (Å²) in [7, 11) is -2.40. The van der Waals surface area contributed by atoms with Crippen LogP contribution in [0.15, 0.2) is 0 Å². The quantitative estimate of drug-likeness (QED) is 0.454. The van der Waals surface area contributed by atoms with Crippen LogP contribution in [0.2, 0.25) is 0 Å². The summed E-state index contributed by atoms with van der Waals surface area (Å²) in [5.41, 5.74) is 0. The minimum Gasteiger partial charge on any atom is -0.348 e. The average Bonchev–Trinajstić information content (AvgIpc) is 1.65. The van der Waals surface area contributed by atoms with Crippen LogP contribution in [0.4, 0.5) is 0 Å². The van der Waals surface area contributed by atoms with Crippen molar-refractivity contribution in [2.45, 2.75) is 5.85 Å². The Kier molecular flexibility index (Phi) is 7.89. The third-order valence-electron chi connectivity index (χ3n) is 0.393. The average molecular weight is 205 g/mol. The molecule has 50 valence electrons. The van der Waals surface area contributed by atoms with Gasteiger partial charge in [0, 0.05) is 0 Å². The number of hydrogen-bond acceptors (Lipinski definition) is 3. The largest absolute Gasteiger partial charge is 0.538 e. The summed E-state index contributed by atoms with van der Waals surface area (Å²) in [5.74, 6) is -1.12. The summed E-state index contributed by atoms with van der Waals surface area (Å²) in [5, 5.41) is 8.51. The van der Waals surface area contributed by atoms with Crippen molar-refractivity contribution in [3.8, 4) is 0 Å². The molecule has 4 nitrogen and oxygen atoms in total. The maximum Gasteiger partial charge on any atom is 0.538 e. The van der Waals surface area contributed by atoms with Gasteiger partial charge in [-0.15, -0.1) is 0 Å². The monoisotopic (exact) mass is 204 g/mol. The van der Waals surface area contributed by atoms with E-state index in [1.807, 2.05) is 0 Å². The number of halogens is 1. The van der Waals surface area contributed by atoms with Gasteiger partial charge in [0.2, 0.25) is 0 Å². The van der Waals surface area contributed by atoms with Gasteiger partial charge in [-0.25, -0.2) is 0 Å². The van der Waals surface area contributed by atoms with Crippen LogP contribution in [0.3, 0.4) is 0 Å². The molecular formula is C2H8BrNO3P+. The highest BCUT2D eigenvalue weighted by Gasteiger charge is 2.23. The van der Waals surface area contributed by atoms with E-state index in [-0.39, 0.29) is 11.5 Å². The van der Waals surface area contributed by atoms with Gasteiger partial charge >= 0.3 is 8.03 Å². The van der Waals surface area contributed by atoms with Gasteiger partial charge in [-0.3, -0.25) is 0 Å². The zero-order chi connectivity index (χ0) is 5.86. The van der Waals surface area contributed by atoms with Gasteiger partial charge in [0.15, 0.2) is 0 Å². The topological polar surface area (TPSA) is 92.5 Å². The van der Waals surface area contributed by atoms with Gasteiger partial charge in [-0.05, 0) is 4.57 Å². The molecule has 0 saturated heterocycles. The van der Waals surface area contributed by atoms with Crippen molar-refractivity contribution in [1.29, 1.82) is 0 Å². The van der Waals surface area contributed by atoms with Crippen molar-refractivity contribution in [3.05, 3.63) is 0 Å². The van der Waals surface area contributed by atoms with Crippen LogP contribution in [-0.4, -0.2) is 21.2 Å². The second-order valence-electron chi connectivity index (χ2n) is 0.937. The van der Waals surface area contributed by atoms with Gasteiger partial charge in [-0.2, -0.15) is 4.89 Å². The van der Waals surface area contributed by atoms with Crippen LogP contribution in [0.25, 0.3) is 0 Å². The zero-order valence-electron chi connectivity index (χ0n) is 4.12. The molecule has 0 amide bonds. The fourth-order valence-corrected chi connectivity index (χ4v) is 0.920. The summed E-state index contributed by atoms with van der Waals surface area (Å²) < 4.78 is 9.80. The second-order valence-corrected chi connectivity index (χ2v) is 2.79. The molecule has 5 N–H and O–H groups in total. The van der Waals surface area contributed by atoms with Gasteiger partial charge < -0.3 is 11.3 Å². The van der Waals surface area contributed by atoms with Crippen LogP contribution >= 0.6 is 24.0 Å². The highest BCUT2D eigenvalue weighted by Crippen LogP contribution is 2.20. The van der Waals surface area contributed by atoms with E-state index >= 15 is 0 Å². The maximum absolute atomic E-state index is 9.80. The number of aliphatic hydroxyl groups is 1. The molecular weight excluding hydrogens is 197 g/mol. The molecule has 8 heavy (non-hydrogen) atoms. The van der Waals surface area contributed by atoms with Crippen molar-refractivity contribution < 1.29 is 14.6 Å². The van der Waals surface area contributed by atoms with Crippen LogP contribution in [0.5, 0.6) is 0 Å². The first-order valence-electron chi connectivity index (χ1n) is 1.57. The van der Waals surface area contributed by atoms with Gasteiger partial charge in [0.25, 0.3) is 5.85 Å². The summed E-state index contributed by atoms with van der Waals surface area (Å²) in [6.07, 6.45) is 0. The SMILES string of the molecule is N.O=[P+](O)C(O)CBr. The molecule has 0 heterocycles. The number of rotatable bonds is 2. The van der Waals surface area contributed by atoms with Crippen molar-refractivity contribution in [2.24, 2.45) is 0 Å². The molecule has 2 unspecified atom stereocenters. The Morgan fingerprint density at radius 3 is 2.12 bits per heavy atom. The molecule has 0 rings (SSSR count). The molecule has 0 spiro atoms. The summed E-state index contributed by atoms with van der Waals surface area (Å²) in [6.45, 7) is 0. The lowest BCUT2D eigenvalue weighted by Crippen LogP contribution is -1.99. The molecule has 0 fully saturated rings. The van der Waals surface area contributed by atoms with E-state index in [2.05, 4.69) is 15.9 Å². The molecule has 0 aromatic rings. The van der Waals surface area contributed by atoms with Crippen molar-refractivity contribution >= 4 is 24.0 Å². The number of alkyl halides is 1. The molecule has 0 saturated carbocycles. The molecule has 0 bridgehead atoms. The molecule has 2 atom stereocenters. The van der Waals surface area contributed by atoms with Crippen molar-refractivity contribution in [3.63, 3.8) is 0 Å². The zero-order valence-corrected chi connectivity index (χ0v) is 6.60. The molecule has 6 heteroatoms. The Labute approximate surface area is 56.5 Å². The Morgan fingerprint density at radius 2 is 2.12 bits per heavy atom. The third kappa shape index (κ3) is 4.61. The first-order valence-corrected chi connectivity index (χ1v) is 3.98. The number of aliphatic hydroxyl groups excluding tert-OH is 1. The van der Waals surface area contributed by atoms with E-state index < -0.39 is 13.9 Å². The van der Waals surface area contributed by atoms with E-state index in [0.29, 0.717) is 0 Å². The van der Waals surface area contributed by atoms with Crippen LogP contribution in [0, 0.1) is 0 Å². The lowest BCUT2D eigenvalue weighted by atomic mass is 10.9. The van der Waals surface area contributed by atoms with E-state index in [0.717, 1.165) is 0 Å². The lowest BCUT2D eigenvalue weighted by molar-refractivity contribution is 0.262. The standard InChI is InChI=1S/C2H4BrO3P.H3N/c3-1-2(4)7(5)6;/h2,4H,1H2;1H3/p+1. The minimum absolute atomic E-state index is 0. The second kappa shape index (κ2) is 5.59. The van der Waals surface area contributed by atoms with E-state index in [1.165, 1.54) is 0 Å². The predicted octanol–water partition coefficient (Wildman–Crippen LogP) is 0.596. The Balaban J connectivity index is 0. The van der Waals surface area contributed by atoms with Crippen molar-refractivity contribution in [1.82, 2.24) is 6.15 Å². The normalized spacial score (nSPS) is 14.1. The molecule has 0 aromatic carbocycles. The lowest BCUT2D eigenvalue weighted by Gasteiger charge is -1.82. The van der Waals surface area contributed by atoms with Crippen molar-refractivity contribution in [2.75, 3.05) is 5.33 Å². The van der Waals surface area contributed by atoms with E-state index in [9.17, 15) is 4.57 Å². The first-order chi connectivity index (χ1) is 3.18. The molecule has 0 aliphatic rings. The Hall–Kier alpha value is 0.460. The smallest absolute Gasteiger partial charge is 0.348 e. The maximum atomic E-state index is 9.80. The van der Waals surface area contributed by atoms with Gasteiger partial charge in [-0.1, -0.05) is 15.9 Å². The van der Waals surface area contributed by atoms with Crippen LogP contribution in [-0.2, 0) is 4.57 Å². The summed E-state index contributed by atoms with van der Waals surface area (Å²) in [4.78, 5) is 8.05. The summed E-state index contributed by atoms with van der Waals surface area (Å²) in [6, 6.07) is 0. The molecule has 0 aromatic heterocycles. The highest BCUT2D eigenvalue weighted by molar-refractivity contribution is 9.09. The Bertz CT molecular complexity index is 79.7. The van der Waals surface area contributed by atoms with E-state index in [1.54, 1.807) is 0 Å². The van der Waals surface area contributed by atoms with E-state index in [4.69, 9.17) is 10.00 Å². The van der Waals surface area contributed by atoms with Crippen LogP contribution in [0.1, 0.15) is 0 Å². The summed E-state index contributed by atoms with van der Waals surface area (Å²) >= 11 is 2.82. The molecule has 0 aliphatic carbocycles. The number of hydrogen-bond donors (Lipinski definition) is 3. The predicted molar refractivity (Wildman–Crippen MR) is 34.6 cm³/mol. The van der Waals surface area contributed by atoms with Crippen LogP contribution < -0.4 is 6.15 Å². The highest BCUT2D eigenvalue weighted by atomic mass is 79.9. The molecule has 0 aliphatic heterocycles. The third-order valence-corrected chi connectivity index (χ3v) is 2.20. The van der Waals surface area contributed by atoms with Gasteiger partial charge in [0.05, 0.1) is 5.33 Å². The first kappa shape index (κ1) is 11.3. The Morgan fingerprint density at radius 1 is 1.75 bits per heavy atom.